The van der Waals surface area contributed by atoms with E-state index in [4.69, 9.17) is 4.74 Å². The molecule has 5 rings (SSSR count). The Labute approximate surface area is 206 Å². The fraction of sp³-hybridized carbons (Fsp3) is 0.966. The molecule has 4 aliphatic carbocycles. The number of carbonyl (C=O) groups excluding carboxylic acids is 1. The minimum absolute atomic E-state index is 0.171. The summed E-state index contributed by atoms with van der Waals surface area (Å²) in [6, 6.07) is 0. The number of rotatable bonds is 6. The lowest BCUT2D eigenvalue weighted by atomic mass is 9.43. The molecule has 0 aromatic rings. The van der Waals surface area contributed by atoms with Gasteiger partial charge in [-0.3, -0.25) is 4.79 Å². The van der Waals surface area contributed by atoms with Gasteiger partial charge in [-0.2, -0.15) is 0 Å². The summed E-state index contributed by atoms with van der Waals surface area (Å²) < 4.78 is 5.63. The van der Waals surface area contributed by atoms with Crippen LogP contribution in [0.3, 0.4) is 0 Å². The van der Waals surface area contributed by atoms with Crippen LogP contribution in [0.1, 0.15) is 97.8 Å². The molecule has 11 atom stereocenters. The number of fused-ring (bicyclic) bond motifs is 5. The van der Waals surface area contributed by atoms with Gasteiger partial charge in [0, 0.05) is 19.6 Å². The fourth-order valence-electron chi connectivity index (χ4n) is 9.86. The second-order valence-electron chi connectivity index (χ2n) is 13.4. The Kier molecular flexibility index (Phi) is 7.11. The van der Waals surface area contributed by atoms with E-state index in [1.54, 1.807) is 0 Å². The number of ether oxygens (including phenoxy) is 1. The van der Waals surface area contributed by atoms with Gasteiger partial charge in [0.25, 0.3) is 0 Å². The highest BCUT2D eigenvalue weighted by Gasteiger charge is 2.62. The van der Waals surface area contributed by atoms with Crippen molar-refractivity contribution in [2.75, 3.05) is 13.2 Å². The van der Waals surface area contributed by atoms with Crippen molar-refractivity contribution in [2.24, 2.45) is 46.3 Å². The summed E-state index contributed by atoms with van der Waals surface area (Å²) in [6.45, 7) is 8.87. The van der Waals surface area contributed by atoms with Crippen LogP contribution in [0.4, 0.5) is 0 Å². The van der Waals surface area contributed by atoms with Gasteiger partial charge in [-0.15, -0.1) is 0 Å². The van der Waals surface area contributed by atoms with E-state index in [0.717, 1.165) is 51.6 Å². The first kappa shape index (κ1) is 25.0. The van der Waals surface area contributed by atoms with Crippen molar-refractivity contribution in [3.05, 3.63) is 0 Å². The SMILES string of the molecule is C[C@H](CCC(=O)NC[C@@H]1CCCO1)[C@H]1CC[C@H]2[C@@H]3[C@@H](O)C[C@@H]4C[C@H](O)CC[C@]4(C)[C@H]3CC[C@]12C. The van der Waals surface area contributed by atoms with E-state index in [0.29, 0.717) is 48.5 Å². The third kappa shape index (κ3) is 4.36. The van der Waals surface area contributed by atoms with Gasteiger partial charge in [0.2, 0.25) is 5.91 Å². The number of amides is 1. The summed E-state index contributed by atoms with van der Waals surface area (Å²) in [6.07, 6.45) is 12.4. The zero-order valence-electron chi connectivity index (χ0n) is 21.8. The number of aliphatic hydroxyl groups excluding tert-OH is 2. The Bertz CT molecular complexity index is 738. The molecule has 1 aliphatic heterocycles. The normalized spacial score (nSPS) is 49.1. The molecule has 5 aliphatic rings. The molecule has 0 bridgehead atoms. The highest BCUT2D eigenvalue weighted by atomic mass is 16.5. The van der Waals surface area contributed by atoms with Crippen molar-refractivity contribution in [3.8, 4) is 0 Å². The van der Waals surface area contributed by atoms with E-state index < -0.39 is 0 Å². The van der Waals surface area contributed by atoms with Crippen LogP contribution >= 0.6 is 0 Å². The van der Waals surface area contributed by atoms with Gasteiger partial charge >= 0.3 is 0 Å². The predicted octanol–water partition coefficient (Wildman–Crippen LogP) is 4.69. The lowest BCUT2D eigenvalue weighted by Gasteiger charge is -2.62. The molecule has 0 radical (unpaired) electrons. The van der Waals surface area contributed by atoms with Crippen LogP contribution < -0.4 is 5.32 Å². The maximum atomic E-state index is 12.5. The lowest BCUT2D eigenvalue weighted by molar-refractivity contribution is -0.174. The fourth-order valence-corrected chi connectivity index (χ4v) is 9.86. The molecule has 0 unspecified atom stereocenters. The van der Waals surface area contributed by atoms with Crippen LogP contribution in [-0.2, 0) is 9.53 Å². The van der Waals surface area contributed by atoms with Crippen LogP contribution in [0.5, 0.6) is 0 Å². The smallest absolute Gasteiger partial charge is 0.220 e. The average molecular weight is 476 g/mol. The van der Waals surface area contributed by atoms with Gasteiger partial charge in [0.1, 0.15) is 0 Å². The first-order valence-electron chi connectivity index (χ1n) is 14.5. The first-order valence-corrected chi connectivity index (χ1v) is 14.5. The molecule has 1 saturated heterocycles. The van der Waals surface area contributed by atoms with Gasteiger partial charge in [0.05, 0.1) is 18.3 Å². The van der Waals surface area contributed by atoms with Crippen LogP contribution in [0, 0.1) is 46.3 Å². The van der Waals surface area contributed by atoms with Gasteiger partial charge in [-0.05, 0) is 117 Å². The minimum atomic E-state index is -0.212. The molecule has 34 heavy (non-hydrogen) atoms. The van der Waals surface area contributed by atoms with Crippen LogP contribution in [0.15, 0.2) is 0 Å². The van der Waals surface area contributed by atoms with E-state index in [2.05, 4.69) is 26.1 Å². The maximum Gasteiger partial charge on any atom is 0.220 e. The predicted molar refractivity (Wildman–Crippen MR) is 133 cm³/mol. The van der Waals surface area contributed by atoms with E-state index in [9.17, 15) is 15.0 Å². The second-order valence-corrected chi connectivity index (χ2v) is 13.4. The third-order valence-electron chi connectivity index (χ3n) is 11.8. The number of carbonyl (C=O) groups is 1. The summed E-state index contributed by atoms with van der Waals surface area (Å²) in [5, 5.41) is 24.8. The number of hydrogen-bond acceptors (Lipinski definition) is 4. The van der Waals surface area contributed by atoms with Gasteiger partial charge in [-0.25, -0.2) is 0 Å². The first-order chi connectivity index (χ1) is 16.2. The summed E-state index contributed by atoms with van der Waals surface area (Å²) in [5.41, 5.74) is 0.572. The summed E-state index contributed by atoms with van der Waals surface area (Å²) in [7, 11) is 0. The molecule has 5 nitrogen and oxygen atoms in total. The van der Waals surface area contributed by atoms with E-state index in [1.165, 1.54) is 25.7 Å². The summed E-state index contributed by atoms with van der Waals surface area (Å²) in [5.74, 6) is 3.45. The van der Waals surface area contributed by atoms with E-state index in [-0.39, 0.29) is 35.0 Å². The quantitative estimate of drug-likeness (QED) is 0.521. The largest absolute Gasteiger partial charge is 0.393 e. The van der Waals surface area contributed by atoms with Crippen molar-refractivity contribution in [2.45, 2.75) is 116 Å². The number of nitrogens with one attached hydrogen (secondary N) is 1. The summed E-state index contributed by atoms with van der Waals surface area (Å²) in [4.78, 5) is 12.5. The summed E-state index contributed by atoms with van der Waals surface area (Å²) >= 11 is 0. The van der Waals surface area contributed by atoms with Crippen molar-refractivity contribution in [3.63, 3.8) is 0 Å². The van der Waals surface area contributed by atoms with Crippen molar-refractivity contribution in [1.29, 1.82) is 0 Å². The molecule has 5 fully saturated rings. The molecular formula is C29H49NO4. The van der Waals surface area contributed by atoms with Crippen LogP contribution in [-0.4, -0.2) is 47.6 Å². The molecular weight excluding hydrogens is 426 g/mol. The van der Waals surface area contributed by atoms with Gasteiger partial charge in [0.15, 0.2) is 0 Å². The Morgan fingerprint density at radius 3 is 2.56 bits per heavy atom. The zero-order valence-corrected chi connectivity index (χ0v) is 21.8. The highest BCUT2D eigenvalue weighted by Crippen LogP contribution is 2.68. The van der Waals surface area contributed by atoms with E-state index in [1.807, 2.05) is 0 Å². The monoisotopic (exact) mass is 475 g/mol. The second kappa shape index (κ2) is 9.67. The molecule has 1 heterocycles. The zero-order chi connectivity index (χ0) is 24.1. The molecule has 0 aromatic carbocycles. The van der Waals surface area contributed by atoms with Crippen molar-refractivity contribution < 1.29 is 19.7 Å². The van der Waals surface area contributed by atoms with Crippen LogP contribution in [0.2, 0.25) is 0 Å². The Morgan fingerprint density at radius 1 is 1.03 bits per heavy atom. The molecule has 1 amide bonds. The van der Waals surface area contributed by atoms with Crippen molar-refractivity contribution >= 4 is 5.91 Å². The lowest BCUT2D eigenvalue weighted by Crippen LogP contribution is -2.58. The Morgan fingerprint density at radius 2 is 1.79 bits per heavy atom. The molecule has 3 N–H and O–H groups in total. The third-order valence-corrected chi connectivity index (χ3v) is 11.8. The van der Waals surface area contributed by atoms with Crippen molar-refractivity contribution in [1.82, 2.24) is 5.32 Å². The molecule has 4 saturated carbocycles. The highest BCUT2D eigenvalue weighted by molar-refractivity contribution is 5.75. The Balaban J connectivity index is 1.21. The standard InChI is InChI=1S/C29H49NO4/c1-18(6-9-26(33)30-17-21-5-4-14-34-21)22-7-8-23-27-24(11-13-29(22,23)3)28(2)12-10-20(31)15-19(28)16-25(27)32/h18-25,27,31-32H,4-17H2,1-3H3,(H,30,33)/t18-,19+,20-,21+,22-,23+,24+,25+,27+,28+,29-/m1/s1. The Hall–Kier alpha value is -0.650. The topological polar surface area (TPSA) is 78.8 Å². The average Bonchev–Trinajstić information content (AvgIpc) is 3.44. The maximum absolute atomic E-state index is 12.5. The van der Waals surface area contributed by atoms with E-state index >= 15 is 0 Å². The molecule has 194 valence electrons. The number of aliphatic hydroxyl groups is 2. The molecule has 0 spiro atoms. The van der Waals surface area contributed by atoms with Crippen LogP contribution in [0.25, 0.3) is 0 Å². The van der Waals surface area contributed by atoms with Gasteiger partial charge in [-0.1, -0.05) is 20.8 Å². The minimum Gasteiger partial charge on any atom is -0.393 e. The number of hydrogen-bond donors (Lipinski definition) is 3. The van der Waals surface area contributed by atoms with Gasteiger partial charge < -0.3 is 20.3 Å². The molecule has 0 aromatic heterocycles. The molecule has 5 heteroatoms.